The van der Waals surface area contributed by atoms with Gasteiger partial charge in [-0.05, 0) is 62.8 Å². The molecule has 6 heteroatoms. The topological polar surface area (TPSA) is 57.7 Å². The molecule has 0 bridgehead atoms. The van der Waals surface area contributed by atoms with E-state index in [0.717, 1.165) is 44.3 Å². The SMILES string of the molecule is Cc1cc(C(=O)N2CCCCC2)ccc1N1CCCCS1(=O)=O. The number of anilines is 1. The zero-order chi connectivity index (χ0) is 16.4. The number of carbonyl (C=O) groups excluding carboxylic acids is 1. The molecule has 23 heavy (non-hydrogen) atoms. The molecule has 2 aliphatic rings. The van der Waals surface area contributed by atoms with Gasteiger partial charge in [-0.1, -0.05) is 0 Å². The van der Waals surface area contributed by atoms with Crippen molar-refractivity contribution in [1.82, 2.24) is 4.90 Å². The fourth-order valence-electron chi connectivity index (χ4n) is 3.41. The van der Waals surface area contributed by atoms with Crippen molar-refractivity contribution < 1.29 is 13.2 Å². The molecule has 0 spiro atoms. The molecule has 1 amide bonds. The molecule has 0 aliphatic carbocycles. The minimum atomic E-state index is -3.21. The largest absolute Gasteiger partial charge is 0.339 e. The molecule has 1 aromatic carbocycles. The first-order valence-corrected chi connectivity index (χ1v) is 10.0. The maximum Gasteiger partial charge on any atom is 0.253 e. The van der Waals surface area contributed by atoms with Gasteiger partial charge >= 0.3 is 0 Å². The van der Waals surface area contributed by atoms with E-state index in [1.54, 1.807) is 12.1 Å². The van der Waals surface area contributed by atoms with Gasteiger partial charge in [-0.25, -0.2) is 8.42 Å². The normalized spacial score (nSPS) is 21.3. The van der Waals surface area contributed by atoms with Gasteiger partial charge in [0.25, 0.3) is 5.91 Å². The molecule has 2 heterocycles. The summed E-state index contributed by atoms with van der Waals surface area (Å²) in [6, 6.07) is 5.38. The number of hydrogen-bond donors (Lipinski definition) is 0. The lowest BCUT2D eigenvalue weighted by atomic mass is 10.1. The van der Waals surface area contributed by atoms with Gasteiger partial charge < -0.3 is 4.90 Å². The van der Waals surface area contributed by atoms with Gasteiger partial charge in [0, 0.05) is 25.2 Å². The Kier molecular flexibility index (Phi) is 4.62. The van der Waals surface area contributed by atoms with E-state index < -0.39 is 10.0 Å². The molecular formula is C17H24N2O3S. The quantitative estimate of drug-likeness (QED) is 0.834. The summed E-state index contributed by atoms with van der Waals surface area (Å²) in [6.07, 6.45) is 4.93. The van der Waals surface area contributed by atoms with Crippen LogP contribution in [0.4, 0.5) is 5.69 Å². The Hall–Kier alpha value is -1.56. The highest BCUT2D eigenvalue weighted by atomic mass is 32.2. The van der Waals surface area contributed by atoms with E-state index in [9.17, 15) is 13.2 Å². The molecule has 0 N–H and O–H groups in total. The lowest BCUT2D eigenvalue weighted by Crippen LogP contribution is -2.38. The van der Waals surface area contributed by atoms with Gasteiger partial charge in [0.2, 0.25) is 10.0 Å². The molecule has 0 radical (unpaired) electrons. The van der Waals surface area contributed by atoms with Crippen molar-refractivity contribution in [3.63, 3.8) is 0 Å². The third kappa shape index (κ3) is 3.37. The van der Waals surface area contributed by atoms with Crippen LogP contribution in [0, 0.1) is 6.92 Å². The average Bonchev–Trinajstić information content (AvgIpc) is 2.55. The predicted molar refractivity (Wildman–Crippen MR) is 91.3 cm³/mol. The highest BCUT2D eigenvalue weighted by molar-refractivity contribution is 7.92. The van der Waals surface area contributed by atoms with Crippen LogP contribution in [0.5, 0.6) is 0 Å². The predicted octanol–water partition coefficient (Wildman–Crippen LogP) is 2.55. The van der Waals surface area contributed by atoms with E-state index in [2.05, 4.69) is 0 Å². The van der Waals surface area contributed by atoms with Crippen LogP contribution in [0.2, 0.25) is 0 Å². The second-order valence-electron chi connectivity index (χ2n) is 6.45. The van der Waals surface area contributed by atoms with Crippen molar-refractivity contribution in [1.29, 1.82) is 0 Å². The number of aryl methyl sites for hydroxylation is 1. The summed E-state index contributed by atoms with van der Waals surface area (Å²) in [4.78, 5) is 14.5. The van der Waals surface area contributed by atoms with Crippen LogP contribution in [0.15, 0.2) is 18.2 Å². The average molecular weight is 336 g/mol. The number of benzene rings is 1. The van der Waals surface area contributed by atoms with Crippen molar-refractivity contribution in [2.24, 2.45) is 0 Å². The molecule has 0 aromatic heterocycles. The standard InChI is InChI=1S/C17H24N2O3S/c1-14-13-15(17(20)18-9-3-2-4-10-18)7-8-16(14)19-11-5-6-12-23(19,21)22/h7-8,13H,2-6,9-12H2,1H3. The molecule has 3 rings (SSSR count). The lowest BCUT2D eigenvalue weighted by molar-refractivity contribution is 0.0724. The summed E-state index contributed by atoms with van der Waals surface area (Å²) in [5.41, 5.74) is 2.21. The van der Waals surface area contributed by atoms with Crippen LogP contribution in [0.1, 0.15) is 48.0 Å². The fourth-order valence-corrected chi connectivity index (χ4v) is 5.11. The summed E-state index contributed by atoms with van der Waals surface area (Å²) in [6.45, 7) is 4.05. The van der Waals surface area contributed by atoms with E-state index in [-0.39, 0.29) is 11.7 Å². The first-order valence-electron chi connectivity index (χ1n) is 8.39. The number of hydrogen-bond acceptors (Lipinski definition) is 3. The first kappa shape index (κ1) is 16.3. The Bertz CT molecular complexity index is 694. The van der Waals surface area contributed by atoms with E-state index in [1.807, 2.05) is 17.9 Å². The molecule has 126 valence electrons. The minimum absolute atomic E-state index is 0.0563. The Morgan fingerprint density at radius 3 is 2.35 bits per heavy atom. The molecular weight excluding hydrogens is 312 g/mol. The maximum absolute atomic E-state index is 12.6. The molecule has 2 fully saturated rings. The van der Waals surface area contributed by atoms with Gasteiger partial charge in [0.1, 0.15) is 0 Å². The van der Waals surface area contributed by atoms with Gasteiger partial charge in [0.15, 0.2) is 0 Å². The molecule has 2 aliphatic heterocycles. The van der Waals surface area contributed by atoms with Gasteiger partial charge in [-0.15, -0.1) is 0 Å². The summed E-state index contributed by atoms with van der Waals surface area (Å²) in [5.74, 6) is 0.266. The number of amides is 1. The number of piperidine rings is 1. The lowest BCUT2D eigenvalue weighted by Gasteiger charge is -2.30. The smallest absolute Gasteiger partial charge is 0.253 e. The second-order valence-corrected chi connectivity index (χ2v) is 8.46. The molecule has 0 unspecified atom stereocenters. The maximum atomic E-state index is 12.6. The minimum Gasteiger partial charge on any atom is -0.339 e. The monoisotopic (exact) mass is 336 g/mol. The van der Waals surface area contributed by atoms with Crippen molar-refractivity contribution in [3.05, 3.63) is 29.3 Å². The third-order valence-electron chi connectivity index (χ3n) is 4.70. The van der Waals surface area contributed by atoms with Crippen LogP contribution in [-0.2, 0) is 10.0 Å². The van der Waals surface area contributed by atoms with Crippen molar-refractivity contribution in [2.45, 2.75) is 39.0 Å². The summed E-state index contributed by atoms with van der Waals surface area (Å²) in [5, 5.41) is 0. The Labute approximate surface area is 138 Å². The van der Waals surface area contributed by atoms with Crippen LogP contribution in [-0.4, -0.2) is 44.6 Å². The van der Waals surface area contributed by atoms with Gasteiger partial charge in [0.05, 0.1) is 11.4 Å². The van der Waals surface area contributed by atoms with Crippen LogP contribution < -0.4 is 4.31 Å². The van der Waals surface area contributed by atoms with Gasteiger partial charge in [-0.2, -0.15) is 0 Å². The third-order valence-corrected chi connectivity index (χ3v) is 6.56. The Morgan fingerprint density at radius 1 is 1.00 bits per heavy atom. The summed E-state index contributed by atoms with van der Waals surface area (Å²) in [7, 11) is -3.21. The highest BCUT2D eigenvalue weighted by Gasteiger charge is 2.27. The number of nitrogens with zero attached hydrogens (tertiary/aromatic N) is 2. The summed E-state index contributed by atoms with van der Waals surface area (Å²) >= 11 is 0. The second kappa shape index (κ2) is 6.51. The molecule has 5 nitrogen and oxygen atoms in total. The number of rotatable bonds is 2. The Morgan fingerprint density at radius 2 is 1.70 bits per heavy atom. The van der Waals surface area contributed by atoms with Crippen LogP contribution in [0.25, 0.3) is 0 Å². The van der Waals surface area contributed by atoms with Crippen LogP contribution in [0.3, 0.4) is 0 Å². The summed E-state index contributed by atoms with van der Waals surface area (Å²) < 4.78 is 26.0. The zero-order valence-electron chi connectivity index (χ0n) is 13.6. The van der Waals surface area contributed by atoms with E-state index in [0.29, 0.717) is 17.8 Å². The molecule has 2 saturated heterocycles. The van der Waals surface area contributed by atoms with Crippen molar-refractivity contribution >= 4 is 21.6 Å². The van der Waals surface area contributed by atoms with E-state index >= 15 is 0 Å². The van der Waals surface area contributed by atoms with E-state index in [4.69, 9.17) is 0 Å². The van der Waals surface area contributed by atoms with Crippen LogP contribution >= 0.6 is 0 Å². The zero-order valence-corrected chi connectivity index (χ0v) is 14.4. The van der Waals surface area contributed by atoms with Crippen molar-refractivity contribution in [3.8, 4) is 0 Å². The highest BCUT2D eigenvalue weighted by Crippen LogP contribution is 2.28. The van der Waals surface area contributed by atoms with E-state index in [1.165, 1.54) is 10.7 Å². The molecule has 1 aromatic rings. The fraction of sp³-hybridized carbons (Fsp3) is 0.588. The number of carbonyl (C=O) groups is 1. The van der Waals surface area contributed by atoms with Crippen molar-refractivity contribution in [2.75, 3.05) is 29.7 Å². The molecule has 0 saturated carbocycles. The molecule has 0 atom stereocenters. The number of sulfonamides is 1. The van der Waals surface area contributed by atoms with Gasteiger partial charge in [-0.3, -0.25) is 9.10 Å². The first-order chi connectivity index (χ1) is 11.0. The number of likely N-dealkylation sites (tertiary alicyclic amines) is 1. The Balaban J connectivity index is 1.84.